The largest absolute Gasteiger partial charge is 0.467 e. The molecule has 0 saturated carbocycles. The molecule has 0 unspecified atom stereocenters. The van der Waals surface area contributed by atoms with Crippen molar-refractivity contribution in [2.24, 2.45) is 0 Å². The standard InChI is InChI=1S/C17H15N3O2/c1-10-5-7-12(8-6-10)20-16(13-4-3-9-22-13)14-11(2)18-19-15(14)17(20)21/h3-9,16H,1-2H3,(H,18,19)/t16-/m0/s1. The van der Waals surface area contributed by atoms with Crippen LogP contribution in [-0.2, 0) is 0 Å². The van der Waals surface area contributed by atoms with Crippen molar-refractivity contribution < 1.29 is 9.21 Å². The Bertz CT molecular complexity index is 831. The van der Waals surface area contributed by atoms with Gasteiger partial charge < -0.3 is 4.42 Å². The number of hydrogen-bond donors (Lipinski definition) is 1. The molecular weight excluding hydrogens is 278 g/mol. The van der Waals surface area contributed by atoms with Gasteiger partial charge in [0.2, 0.25) is 0 Å². The van der Waals surface area contributed by atoms with Gasteiger partial charge in [0.15, 0.2) is 5.69 Å². The number of nitrogens with zero attached hydrogens (tertiary/aromatic N) is 2. The van der Waals surface area contributed by atoms with Gasteiger partial charge in [0.1, 0.15) is 11.8 Å². The van der Waals surface area contributed by atoms with Crippen LogP contribution in [0.5, 0.6) is 0 Å². The van der Waals surface area contributed by atoms with Gasteiger partial charge in [-0.25, -0.2) is 0 Å². The second-order valence-corrected chi connectivity index (χ2v) is 5.54. The smallest absolute Gasteiger partial charge is 0.280 e. The van der Waals surface area contributed by atoms with E-state index in [0.29, 0.717) is 5.69 Å². The summed E-state index contributed by atoms with van der Waals surface area (Å²) in [5.74, 6) is 0.627. The molecule has 0 spiro atoms. The number of rotatable bonds is 2. The monoisotopic (exact) mass is 293 g/mol. The van der Waals surface area contributed by atoms with E-state index in [4.69, 9.17) is 4.42 Å². The number of carbonyl (C=O) groups excluding carboxylic acids is 1. The van der Waals surface area contributed by atoms with Crippen molar-refractivity contribution in [3.63, 3.8) is 0 Å². The number of aromatic amines is 1. The Morgan fingerprint density at radius 2 is 1.95 bits per heavy atom. The van der Waals surface area contributed by atoms with Crippen molar-refractivity contribution in [3.05, 3.63) is 70.9 Å². The van der Waals surface area contributed by atoms with Crippen molar-refractivity contribution in [2.75, 3.05) is 4.90 Å². The van der Waals surface area contributed by atoms with Gasteiger partial charge in [0.05, 0.1) is 6.26 Å². The number of benzene rings is 1. The lowest BCUT2D eigenvalue weighted by Crippen LogP contribution is -2.29. The first-order chi connectivity index (χ1) is 10.7. The fourth-order valence-corrected chi connectivity index (χ4v) is 2.98. The van der Waals surface area contributed by atoms with Crippen LogP contribution in [0, 0.1) is 13.8 Å². The zero-order chi connectivity index (χ0) is 15.3. The zero-order valence-corrected chi connectivity index (χ0v) is 12.3. The Labute approximate surface area is 127 Å². The van der Waals surface area contributed by atoms with Gasteiger partial charge in [-0.05, 0) is 38.1 Å². The minimum Gasteiger partial charge on any atom is -0.467 e. The summed E-state index contributed by atoms with van der Waals surface area (Å²) in [6.45, 7) is 3.95. The van der Waals surface area contributed by atoms with Gasteiger partial charge in [-0.15, -0.1) is 0 Å². The minimum atomic E-state index is -0.279. The molecule has 1 N–H and O–H groups in total. The van der Waals surface area contributed by atoms with Crippen LogP contribution in [0.2, 0.25) is 0 Å². The van der Waals surface area contributed by atoms with Crippen LogP contribution in [0.3, 0.4) is 0 Å². The van der Waals surface area contributed by atoms with Crippen LogP contribution in [0.25, 0.3) is 0 Å². The highest BCUT2D eigenvalue weighted by molar-refractivity contribution is 6.10. The Morgan fingerprint density at radius 1 is 1.18 bits per heavy atom. The molecule has 0 radical (unpaired) electrons. The van der Waals surface area contributed by atoms with Crippen LogP contribution in [0.1, 0.15) is 39.1 Å². The molecule has 3 heterocycles. The average Bonchev–Trinajstić information content (AvgIpc) is 3.20. The number of carbonyl (C=O) groups is 1. The third kappa shape index (κ3) is 1.72. The van der Waals surface area contributed by atoms with E-state index >= 15 is 0 Å². The van der Waals surface area contributed by atoms with E-state index in [9.17, 15) is 4.79 Å². The molecule has 2 aromatic heterocycles. The lowest BCUT2D eigenvalue weighted by molar-refractivity contribution is 0.0987. The Hall–Kier alpha value is -2.82. The van der Waals surface area contributed by atoms with Crippen molar-refractivity contribution in [3.8, 4) is 0 Å². The topological polar surface area (TPSA) is 62.1 Å². The maximum atomic E-state index is 12.8. The van der Waals surface area contributed by atoms with Crippen molar-refractivity contribution in [1.82, 2.24) is 10.2 Å². The lowest BCUT2D eigenvalue weighted by atomic mass is 10.0. The highest BCUT2D eigenvalue weighted by Gasteiger charge is 2.43. The van der Waals surface area contributed by atoms with E-state index in [1.165, 1.54) is 0 Å². The molecule has 1 aromatic carbocycles. The first kappa shape index (κ1) is 12.9. The normalized spacial score (nSPS) is 17.1. The molecule has 110 valence electrons. The van der Waals surface area contributed by atoms with Gasteiger partial charge in [0, 0.05) is 16.9 Å². The quantitative estimate of drug-likeness (QED) is 0.788. The summed E-state index contributed by atoms with van der Waals surface area (Å²) < 4.78 is 5.59. The van der Waals surface area contributed by atoms with Crippen LogP contribution < -0.4 is 4.90 Å². The Kier molecular flexibility index (Phi) is 2.69. The van der Waals surface area contributed by atoms with Gasteiger partial charge in [-0.1, -0.05) is 17.7 Å². The van der Waals surface area contributed by atoms with E-state index < -0.39 is 0 Å². The van der Waals surface area contributed by atoms with E-state index in [1.54, 1.807) is 11.2 Å². The number of H-pyrrole nitrogens is 1. The summed E-state index contributed by atoms with van der Waals surface area (Å²) in [5, 5.41) is 7.08. The zero-order valence-electron chi connectivity index (χ0n) is 12.3. The van der Waals surface area contributed by atoms with Crippen LogP contribution in [0.15, 0.2) is 47.1 Å². The number of amides is 1. The third-order valence-electron chi connectivity index (χ3n) is 4.07. The van der Waals surface area contributed by atoms with E-state index in [-0.39, 0.29) is 11.9 Å². The van der Waals surface area contributed by atoms with Gasteiger partial charge >= 0.3 is 0 Å². The second kappa shape index (κ2) is 4.59. The summed E-state index contributed by atoms with van der Waals surface area (Å²) in [7, 11) is 0. The van der Waals surface area contributed by atoms with E-state index in [2.05, 4.69) is 10.2 Å². The number of hydrogen-bond acceptors (Lipinski definition) is 3. The Balaban J connectivity index is 1.90. The van der Waals surface area contributed by atoms with Crippen LogP contribution >= 0.6 is 0 Å². The maximum absolute atomic E-state index is 12.8. The van der Waals surface area contributed by atoms with Crippen molar-refractivity contribution >= 4 is 11.6 Å². The molecule has 22 heavy (non-hydrogen) atoms. The number of aromatic nitrogens is 2. The molecule has 5 nitrogen and oxygen atoms in total. The molecule has 1 aliphatic rings. The molecule has 0 bridgehead atoms. The number of furan rings is 1. The molecule has 5 heteroatoms. The Morgan fingerprint density at radius 3 is 2.64 bits per heavy atom. The number of nitrogens with one attached hydrogen (secondary N) is 1. The minimum absolute atomic E-state index is 0.107. The summed E-state index contributed by atoms with van der Waals surface area (Å²) in [6, 6.07) is 11.3. The number of fused-ring (bicyclic) bond motifs is 1. The summed E-state index contributed by atoms with van der Waals surface area (Å²) in [4.78, 5) is 14.5. The molecule has 3 aromatic rings. The van der Waals surface area contributed by atoms with Gasteiger partial charge in [0.25, 0.3) is 5.91 Å². The molecule has 1 atom stereocenters. The maximum Gasteiger partial charge on any atom is 0.280 e. The van der Waals surface area contributed by atoms with Gasteiger partial charge in [-0.3, -0.25) is 14.8 Å². The van der Waals surface area contributed by atoms with E-state index in [0.717, 1.165) is 28.3 Å². The fraction of sp³-hybridized carbons (Fsp3) is 0.176. The summed E-state index contributed by atoms with van der Waals surface area (Å²) in [6.07, 6.45) is 1.63. The average molecular weight is 293 g/mol. The third-order valence-corrected chi connectivity index (χ3v) is 4.07. The van der Waals surface area contributed by atoms with Gasteiger partial charge in [-0.2, -0.15) is 5.10 Å². The molecule has 0 saturated heterocycles. The fourth-order valence-electron chi connectivity index (χ4n) is 2.98. The highest BCUT2D eigenvalue weighted by atomic mass is 16.3. The number of anilines is 1. The molecular formula is C17H15N3O2. The van der Waals surface area contributed by atoms with E-state index in [1.807, 2.05) is 50.2 Å². The number of aryl methyl sites for hydroxylation is 2. The second-order valence-electron chi connectivity index (χ2n) is 5.54. The highest BCUT2D eigenvalue weighted by Crippen LogP contribution is 2.42. The van der Waals surface area contributed by atoms with Crippen LogP contribution in [0.4, 0.5) is 5.69 Å². The summed E-state index contributed by atoms with van der Waals surface area (Å²) >= 11 is 0. The predicted octanol–water partition coefficient (Wildman–Crippen LogP) is 3.37. The SMILES string of the molecule is Cc1ccc(N2C(=O)c3n[nH]c(C)c3[C@@H]2c2ccco2)cc1. The van der Waals surface area contributed by atoms with Crippen LogP contribution in [-0.4, -0.2) is 16.1 Å². The lowest BCUT2D eigenvalue weighted by Gasteiger charge is -2.24. The predicted molar refractivity (Wildman–Crippen MR) is 81.9 cm³/mol. The molecule has 4 rings (SSSR count). The molecule has 1 aliphatic heterocycles. The summed E-state index contributed by atoms with van der Waals surface area (Å²) in [5.41, 5.74) is 4.24. The molecule has 0 fully saturated rings. The first-order valence-electron chi connectivity index (χ1n) is 7.15. The first-order valence-corrected chi connectivity index (χ1v) is 7.15. The molecule has 1 amide bonds. The van der Waals surface area contributed by atoms with Crippen molar-refractivity contribution in [2.45, 2.75) is 19.9 Å². The van der Waals surface area contributed by atoms with Crippen molar-refractivity contribution in [1.29, 1.82) is 0 Å². The molecule has 0 aliphatic carbocycles.